The molecule has 0 atom stereocenters. The molecule has 0 saturated heterocycles. The molecule has 0 heterocycles. The van der Waals surface area contributed by atoms with Gasteiger partial charge >= 0.3 is 0 Å². The summed E-state index contributed by atoms with van der Waals surface area (Å²) >= 11 is 0. The van der Waals surface area contributed by atoms with Crippen LogP contribution in [-0.2, 0) is 11.3 Å². The van der Waals surface area contributed by atoms with Gasteiger partial charge in [0.1, 0.15) is 18.1 Å². The highest BCUT2D eigenvalue weighted by molar-refractivity contribution is 5.47. The maximum Gasteiger partial charge on any atom is 0.124 e. The molecule has 0 unspecified atom stereocenters. The van der Waals surface area contributed by atoms with Gasteiger partial charge < -0.3 is 19.5 Å². The lowest BCUT2D eigenvalue weighted by Gasteiger charge is -2.13. The highest BCUT2D eigenvalue weighted by Gasteiger charge is 2.03. The van der Waals surface area contributed by atoms with Gasteiger partial charge in [-0.25, -0.2) is 0 Å². The van der Waals surface area contributed by atoms with E-state index in [1.807, 2.05) is 42.5 Å². The summed E-state index contributed by atoms with van der Waals surface area (Å²) in [4.78, 5) is 0. The molecule has 4 nitrogen and oxygen atoms in total. The Balaban J connectivity index is 1.86. The molecular formula is C20H27NO3. The number of rotatable bonds is 11. The van der Waals surface area contributed by atoms with Crippen molar-refractivity contribution in [1.29, 1.82) is 0 Å². The molecule has 0 fully saturated rings. The average molecular weight is 329 g/mol. The number of methoxy groups -OCH3 is 1. The Hall–Kier alpha value is -2.20. The fourth-order valence-electron chi connectivity index (χ4n) is 2.23. The zero-order chi connectivity index (χ0) is 17.0. The van der Waals surface area contributed by atoms with E-state index < -0.39 is 0 Å². The second-order valence-electron chi connectivity index (χ2n) is 5.53. The van der Waals surface area contributed by atoms with Gasteiger partial charge in [-0.05, 0) is 36.8 Å². The molecule has 0 aliphatic heterocycles. The van der Waals surface area contributed by atoms with E-state index in [0.29, 0.717) is 13.2 Å². The highest BCUT2D eigenvalue weighted by Crippen LogP contribution is 2.21. The van der Waals surface area contributed by atoms with Crippen LogP contribution in [0, 0.1) is 0 Å². The first kappa shape index (κ1) is 18.1. The van der Waals surface area contributed by atoms with E-state index in [-0.39, 0.29) is 0 Å². The molecule has 4 heteroatoms. The number of nitrogens with one attached hydrogen (secondary N) is 1. The second kappa shape index (κ2) is 10.6. The fraction of sp³-hybridized carbons (Fsp3) is 0.400. The van der Waals surface area contributed by atoms with Crippen molar-refractivity contribution >= 4 is 5.69 Å². The standard InChI is InChI=1S/C20H27NO3/c1-3-4-13-24-20-8-6-5-7-17(20)16-21-18-9-11-19(12-10-18)23-15-14-22-2/h5-12,21H,3-4,13-16H2,1-2H3. The Morgan fingerprint density at radius 3 is 2.42 bits per heavy atom. The zero-order valence-electron chi connectivity index (χ0n) is 14.6. The van der Waals surface area contributed by atoms with Crippen LogP contribution < -0.4 is 14.8 Å². The lowest BCUT2D eigenvalue weighted by Crippen LogP contribution is -2.05. The average Bonchev–Trinajstić information content (AvgIpc) is 2.62. The van der Waals surface area contributed by atoms with E-state index in [1.165, 1.54) is 0 Å². The number of unbranched alkanes of at least 4 members (excludes halogenated alkanes) is 1. The molecule has 130 valence electrons. The molecule has 0 aromatic heterocycles. The Labute approximate surface area is 144 Å². The first-order valence-corrected chi connectivity index (χ1v) is 8.50. The first-order valence-electron chi connectivity index (χ1n) is 8.50. The maximum absolute atomic E-state index is 5.87. The molecule has 2 rings (SSSR count). The fourth-order valence-corrected chi connectivity index (χ4v) is 2.23. The third-order valence-electron chi connectivity index (χ3n) is 3.62. The van der Waals surface area contributed by atoms with Crippen molar-refractivity contribution in [2.75, 3.05) is 32.2 Å². The van der Waals surface area contributed by atoms with Crippen LogP contribution in [0.4, 0.5) is 5.69 Å². The summed E-state index contributed by atoms with van der Waals surface area (Å²) in [6, 6.07) is 16.1. The summed E-state index contributed by atoms with van der Waals surface area (Å²) in [6.07, 6.45) is 2.21. The van der Waals surface area contributed by atoms with Crippen molar-refractivity contribution in [3.8, 4) is 11.5 Å². The van der Waals surface area contributed by atoms with Crippen molar-refractivity contribution in [3.63, 3.8) is 0 Å². The molecule has 24 heavy (non-hydrogen) atoms. The topological polar surface area (TPSA) is 39.7 Å². The van der Waals surface area contributed by atoms with Gasteiger partial charge in [-0.15, -0.1) is 0 Å². The van der Waals surface area contributed by atoms with Gasteiger partial charge in [0.25, 0.3) is 0 Å². The lowest BCUT2D eigenvalue weighted by atomic mass is 10.2. The van der Waals surface area contributed by atoms with E-state index >= 15 is 0 Å². The van der Waals surface area contributed by atoms with Gasteiger partial charge in [-0.3, -0.25) is 0 Å². The van der Waals surface area contributed by atoms with Gasteiger partial charge in [0, 0.05) is 24.9 Å². The summed E-state index contributed by atoms with van der Waals surface area (Å²) in [5, 5.41) is 3.43. The van der Waals surface area contributed by atoms with E-state index in [4.69, 9.17) is 14.2 Å². The van der Waals surface area contributed by atoms with Crippen LogP contribution in [0.15, 0.2) is 48.5 Å². The van der Waals surface area contributed by atoms with Gasteiger partial charge in [0.05, 0.1) is 13.2 Å². The van der Waals surface area contributed by atoms with Crippen molar-refractivity contribution in [1.82, 2.24) is 0 Å². The Bertz CT molecular complexity index is 584. The third kappa shape index (κ3) is 6.13. The summed E-state index contributed by atoms with van der Waals surface area (Å²) in [6.45, 7) is 4.81. The quantitative estimate of drug-likeness (QED) is 0.616. The normalized spacial score (nSPS) is 10.4. The molecular weight excluding hydrogens is 302 g/mol. The minimum atomic E-state index is 0.561. The third-order valence-corrected chi connectivity index (χ3v) is 3.62. The van der Waals surface area contributed by atoms with Gasteiger partial charge in [0.2, 0.25) is 0 Å². The first-order chi connectivity index (χ1) is 11.8. The van der Waals surface area contributed by atoms with E-state index in [1.54, 1.807) is 7.11 Å². The van der Waals surface area contributed by atoms with Crippen LogP contribution >= 0.6 is 0 Å². The van der Waals surface area contributed by atoms with E-state index in [9.17, 15) is 0 Å². The molecule has 0 saturated carbocycles. The molecule has 0 aliphatic carbocycles. The number of hydrogen-bond acceptors (Lipinski definition) is 4. The van der Waals surface area contributed by atoms with Gasteiger partial charge in [0.15, 0.2) is 0 Å². The summed E-state index contributed by atoms with van der Waals surface area (Å²) in [7, 11) is 1.67. The Morgan fingerprint density at radius 2 is 1.67 bits per heavy atom. The smallest absolute Gasteiger partial charge is 0.124 e. The van der Waals surface area contributed by atoms with Crippen molar-refractivity contribution < 1.29 is 14.2 Å². The summed E-state index contributed by atoms with van der Waals surface area (Å²) in [5.41, 5.74) is 2.21. The van der Waals surface area contributed by atoms with Crippen LogP contribution in [0.3, 0.4) is 0 Å². The Kier molecular flexibility index (Phi) is 7.98. The van der Waals surface area contributed by atoms with Crippen LogP contribution in [0.2, 0.25) is 0 Å². The SMILES string of the molecule is CCCCOc1ccccc1CNc1ccc(OCCOC)cc1. The van der Waals surface area contributed by atoms with Gasteiger partial charge in [-0.1, -0.05) is 31.5 Å². The minimum Gasteiger partial charge on any atom is -0.493 e. The van der Waals surface area contributed by atoms with E-state index in [2.05, 4.69) is 18.3 Å². The van der Waals surface area contributed by atoms with Crippen LogP contribution in [0.25, 0.3) is 0 Å². The largest absolute Gasteiger partial charge is 0.493 e. The van der Waals surface area contributed by atoms with Crippen molar-refractivity contribution in [3.05, 3.63) is 54.1 Å². The van der Waals surface area contributed by atoms with Crippen LogP contribution in [0.5, 0.6) is 11.5 Å². The van der Waals surface area contributed by atoms with Crippen molar-refractivity contribution in [2.45, 2.75) is 26.3 Å². The number of hydrogen-bond donors (Lipinski definition) is 1. The summed E-state index contributed by atoms with van der Waals surface area (Å²) in [5.74, 6) is 1.80. The molecule has 1 N–H and O–H groups in total. The van der Waals surface area contributed by atoms with Crippen LogP contribution in [0.1, 0.15) is 25.3 Å². The lowest BCUT2D eigenvalue weighted by molar-refractivity contribution is 0.146. The Morgan fingerprint density at radius 1 is 0.875 bits per heavy atom. The van der Waals surface area contributed by atoms with E-state index in [0.717, 1.165) is 48.7 Å². The zero-order valence-corrected chi connectivity index (χ0v) is 14.6. The van der Waals surface area contributed by atoms with Crippen molar-refractivity contribution in [2.24, 2.45) is 0 Å². The molecule has 0 radical (unpaired) electrons. The molecule has 2 aromatic rings. The number of para-hydroxylation sites is 1. The second-order valence-corrected chi connectivity index (χ2v) is 5.53. The highest BCUT2D eigenvalue weighted by atomic mass is 16.5. The predicted octanol–water partition coefficient (Wildman–Crippen LogP) is 4.50. The van der Waals surface area contributed by atoms with Gasteiger partial charge in [-0.2, -0.15) is 0 Å². The monoisotopic (exact) mass is 329 g/mol. The summed E-state index contributed by atoms with van der Waals surface area (Å²) < 4.78 is 16.4. The molecule has 0 bridgehead atoms. The molecule has 0 spiro atoms. The number of anilines is 1. The molecule has 0 aliphatic rings. The van der Waals surface area contributed by atoms with Crippen LogP contribution in [-0.4, -0.2) is 26.9 Å². The number of benzene rings is 2. The maximum atomic E-state index is 5.87. The number of ether oxygens (including phenoxy) is 3. The molecule has 0 amide bonds. The molecule has 2 aromatic carbocycles. The minimum absolute atomic E-state index is 0.561. The predicted molar refractivity (Wildman–Crippen MR) is 98.0 cm³/mol.